The van der Waals surface area contributed by atoms with Gasteiger partial charge in [-0.2, -0.15) is 0 Å². The lowest BCUT2D eigenvalue weighted by molar-refractivity contribution is -0.106. The molecule has 107 valence electrons. The van der Waals surface area contributed by atoms with Crippen molar-refractivity contribution in [3.63, 3.8) is 0 Å². The molecule has 1 saturated heterocycles. The molecule has 1 radical (unpaired) electrons. The molecular weight excluding hydrogens is 264 g/mol. The van der Waals surface area contributed by atoms with Gasteiger partial charge in [0.15, 0.2) is 17.9 Å². The van der Waals surface area contributed by atoms with E-state index in [1.807, 2.05) is 42.5 Å². The topological polar surface area (TPSA) is 44.2 Å². The Hall–Kier alpha value is -2.20. The van der Waals surface area contributed by atoms with Crippen LogP contribution in [0.5, 0.6) is 5.75 Å². The number of ether oxygens (including phenoxy) is 2. The van der Waals surface area contributed by atoms with Crippen LogP contribution < -0.4 is 4.74 Å². The third-order valence-electron chi connectivity index (χ3n) is 3.22. The Morgan fingerprint density at radius 2 is 2.10 bits per heavy atom. The molecule has 2 heterocycles. The lowest BCUT2D eigenvalue weighted by atomic mass is 10.2. The Labute approximate surface area is 124 Å². The zero-order valence-corrected chi connectivity index (χ0v) is 11.7. The van der Waals surface area contributed by atoms with Crippen LogP contribution in [0.4, 0.5) is 0 Å². The van der Waals surface area contributed by atoms with Gasteiger partial charge in [0.1, 0.15) is 6.20 Å². The maximum Gasteiger partial charge on any atom is 0.200 e. The second-order valence-electron chi connectivity index (χ2n) is 4.86. The summed E-state index contributed by atoms with van der Waals surface area (Å²) >= 11 is 0. The molecule has 0 aliphatic carbocycles. The van der Waals surface area contributed by atoms with Crippen molar-refractivity contribution in [1.29, 1.82) is 0 Å². The number of benzene rings is 1. The molecule has 1 fully saturated rings. The standard InChI is InChI=1S/C17H17N2O2/c1-2-6-14(7-3-1)9-10-16-18-12-15(13-19-16)21-17-8-4-5-11-20-17/h1-3,6-7,9-10,12,17H,4-5,8,11H2/b10-9+. The van der Waals surface area contributed by atoms with Crippen LogP contribution in [0.15, 0.2) is 36.5 Å². The highest BCUT2D eigenvalue weighted by atomic mass is 16.7. The van der Waals surface area contributed by atoms with Crippen molar-refractivity contribution < 1.29 is 9.47 Å². The summed E-state index contributed by atoms with van der Waals surface area (Å²) in [4.78, 5) is 8.41. The third kappa shape index (κ3) is 4.13. The average Bonchev–Trinajstić information content (AvgIpc) is 2.56. The molecule has 0 spiro atoms. The van der Waals surface area contributed by atoms with Gasteiger partial charge in [0.25, 0.3) is 0 Å². The van der Waals surface area contributed by atoms with Crippen molar-refractivity contribution in [2.45, 2.75) is 25.6 Å². The molecule has 1 aliphatic heterocycles. The number of hydrogen-bond acceptors (Lipinski definition) is 4. The highest BCUT2D eigenvalue weighted by Gasteiger charge is 2.15. The maximum absolute atomic E-state index is 5.65. The molecule has 1 aliphatic rings. The van der Waals surface area contributed by atoms with E-state index in [9.17, 15) is 0 Å². The fourth-order valence-electron chi connectivity index (χ4n) is 2.11. The molecule has 4 heteroatoms. The summed E-state index contributed by atoms with van der Waals surface area (Å²) in [7, 11) is 0. The smallest absolute Gasteiger partial charge is 0.200 e. The van der Waals surface area contributed by atoms with E-state index >= 15 is 0 Å². The van der Waals surface area contributed by atoms with Crippen LogP contribution in [0.3, 0.4) is 0 Å². The van der Waals surface area contributed by atoms with E-state index < -0.39 is 0 Å². The minimum Gasteiger partial charge on any atom is -0.461 e. The van der Waals surface area contributed by atoms with Crippen molar-refractivity contribution in [3.8, 4) is 5.75 Å². The Kier molecular flexibility index (Phi) is 4.59. The number of hydrogen-bond donors (Lipinski definition) is 0. The molecule has 4 nitrogen and oxygen atoms in total. The second-order valence-corrected chi connectivity index (χ2v) is 4.86. The van der Waals surface area contributed by atoms with Gasteiger partial charge >= 0.3 is 0 Å². The van der Waals surface area contributed by atoms with Crippen molar-refractivity contribution in [2.24, 2.45) is 0 Å². The second kappa shape index (κ2) is 6.99. The summed E-state index contributed by atoms with van der Waals surface area (Å²) in [6, 6.07) is 10.0. The van der Waals surface area contributed by atoms with Gasteiger partial charge in [0.05, 0.1) is 12.8 Å². The molecule has 0 saturated carbocycles. The van der Waals surface area contributed by atoms with E-state index in [-0.39, 0.29) is 6.29 Å². The Morgan fingerprint density at radius 3 is 2.81 bits per heavy atom. The van der Waals surface area contributed by atoms with Gasteiger partial charge in [-0.3, -0.25) is 0 Å². The lowest BCUT2D eigenvalue weighted by Crippen LogP contribution is -2.25. The summed E-state index contributed by atoms with van der Waals surface area (Å²) < 4.78 is 11.2. The van der Waals surface area contributed by atoms with E-state index in [1.54, 1.807) is 6.20 Å². The van der Waals surface area contributed by atoms with E-state index in [1.165, 1.54) is 0 Å². The maximum atomic E-state index is 5.65. The predicted molar refractivity (Wildman–Crippen MR) is 80.5 cm³/mol. The first-order chi connectivity index (χ1) is 10.4. The highest BCUT2D eigenvalue weighted by molar-refractivity contribution is 5.66. The van der Waals surface area contributed by atoms with Gasteiger partial charge in [-0.1, -0.05) is 36.4 Å². The monoisotopic (exact) mass is 281 g/mol. The summed E-state index contributed by atoms with van der Waals surface area (Å²) in [5.41, 5.74) is 1.11. The van der Waals surface area contributed by atoms with Crippen LogP contribution in [0, 0.1) is 6.20 Å². The van der Waals surface area contributed by atoms with Gasteiger partial charge in [0.2, 0.25) is 0 Å². The van der Waals surface area contributed by atoms with Crippen molar-refractivity contribution in [3.05, 3.63) is 54.1 Å². The number of rotatable bonds is 4. The third-order valence-corrected chi connectivity index (χ3v) is 3.22. The minimum absolute atomic E-state index is 0.190. The quantitative estimate of drug-likeness (QED) is 0.862. The zero-order chi connectivity index (χ0) is 14.3. The van der Waals surface area contributed by atoms with Crippen molar-refractivity contribution in [2.75, 3.05) is 6.61 Å². The van der Waals surface area contributed by atoms with Gasteiger partial charge in [-0.25, -0.2) is 9.97 Å². The Morgan fingerprint density at radius 1 is 1.19 bits per heavy atom. The van der Waals surface area contributed by atoms with Crippen LogP contribution in [-0.4, -0.2) is 22.9 Å². The number of nitrogens with zero attached hydrogens (tertiary/aromatic N) is 2. The van der Waals surface area contributed by atoms with E-state index in [0.717, 1.165) is 31.4 Å². The average molecular weight is 281 g/mol. The molecular formula is C17H17N2O2. The summed E-state index contributed by atoms with van der Waals surface area (Å²) in [5, 5.41) is 0. The lowest BCUT2D eigenvalue weighted by Gasteiger charge is -2.22. The molecule has 0 N–H and O–H groups in total. The largest absolute Gasteiger partial charge is 0.461 e. The van der Waals surface area contributed by atoms with Gasteiger partial charge in [0, 0.05) is 6.42 Å². The fraction of sp³-hybridized carbons (Fsp3) is 0.294. The summed E-state index contributed by atoms with van der Waals surface area (Å²) in [6.07, 6.45) is 11.3. The van der Waals surface area contributed by atoms with Gasteiger partial charge in [-0.15, -0.1) is 0 Å². The Bertz CT molecular complexity index is 575. The fourth-order valence-corrected chi connectivity index (χ4v) is 2.11. The molecule has 3 rings (SSSR count). The van der Waals surface area contributed by atoms with Crippen molar-refractivity contribution >= 4 is 12.2 Å². The predicted octanol–water partition coefficient (Wildman–Crippen LogP) is 3.35. The molecule has 1 atom stereocenters. The highest BCUT2D eigenvalue weighted by Crippen LogP contribution is 2.17. The molecule has 1 aromatic carbocycles. The SMILES string of the molecule is [c]1nc(/C=C/c2ccccc2)ncc1OC1CCCCO1. The van der Waals surface area contributed by atoms with E-state index in [0.29, 0.717) is 11.6 Å². The van der Waals surface area contributed by atoms with E-state index in [2.05, 4.69) is 16.2 Å². The van der Waals surface area contributed by atoms with Gasteiger partial charge in [-0.05, 0) is 24.5 Å². The summed E-state index contributed by atoms with van der Waals surface area (Å²) in [6.45, 7) is 0.753. The molecule has 21 heavy (non-hydrogen) atoms. The molecule has 2 aromatic rings. The van der Waals surface area contributed by atoms with Crippen LogP contribution in [0.1, 0.15) is 30.7 Å². The van der Waals surface area contributed by atoms with Crippen LogP contribution in [0.25, 0.3) is 12.2 Å². The van der Waals surface area contributed by atoms with Crippen molar-refractivity contribution in [1.82, 2.24) is 9.97 Å². The van der Waals surface area contributed by atoms with Gasteiger partial charge < -0.3 is 9.47 Å². The first kappa shape index (κ1) is 13.8. The first-order valence-electron chi connectivity index (χ1n) is 7.16. The van der Waals surface area contributed by atoms with E-state index in [4.69, 9.17) is 9.47 Å². The normalized spacial score (nSPS) is 18.8. The number of aromatic nitrogens is 2. The molecule has 1 unspecified atom stereocenters. The minimum atomic E-state index is -0.190. The molecule has 0 amide bonds. The van der Waals surface area contributed by atoms with Crippen LogP contribution in [0.2, 0.25) is 0 Å². The first-order valence-corrected chi connectivity index (χ1v) is 7.16. The zero-order valence-electron chi connectivity index (χ0n) is 11.7. The Balaban J connectivity index is 1.60. The van der Waals surface area contributed by atoms with Crippen LogP contribution in [-0.2, 0) is 4.74 Å². The van der Waals surface area contributed by atoms with Crippen LogP contribution >= 0.6 is 0 Å². The molecule has 1 aromatic heterocycles. The summed E-state index contributed by atoms with van der Waals surface area (Å²) in [5.74, 6) is 1.13. The molecule has 0 bridgehead atoms.